The molecule has 1 aliphatic heterocycles. The number of amides is 1. The van der Waals surface area contributed by atoms with Crippen LogP contribution in [0.1, 0.15) is 30.6 Å². The number of aromatic amines is 1. The highest BCUT2D eigenvalue weighted by Gasteiger charge is 2.31. The molecule has 3 nitrogen and oxygen atoms in total. The highest BCUT2D eigenvalue weighted by molar-refractivity contribution is 6.27. The largest absolute Gasteiger partial charge is 0.356 e. The second-order valence-electron chi connectivity index (χ2n) is 4.96. The van der Waals surface area contributed by atoms with E-state index in [0.29, 0.717) is 0 Å². The number of hydrogen-bond acceptors (Lipinski definition) is 1. The molecule has 1 atom stereocenters. The first-order valence-corrected chi connectivity index (χ1v) is 7.24. The number of para-hydroxylation sites is 1. The third kappa shape index (κ3) is 1.93. The topological polar surface area (TPSA) is 36.1 Å². The van der Waals surface area contributed by atoms with Crippen molar-refractivity contribution < 1.29 is 4.79 Å². The molecule has 1 unspecified atom stereocenters. The van der Waals surface area contributed by atoms with Gasteiger partial charge in [-0.05, 0) is 24.5 Å². The van der Waals surface area contributed by atoms with Gasteiger partial charge in [-0.25, -0.2) is 0 Å². The Hall–Kier alpha value is -1.48. The zero-order valence-electron chi connectivity index (χ0n) is 10.9. The number of carbonyl (C=O) groups is 1. The molecule has 0 saturated carbocycles. The van der Waals surface area contributed by atoms with E-state index in [1.807, 2.05) is 11.0 Å². The van der Waals surface area contributed by atoms with Gasteiger partial charge in [0.15, 0.2) is 0 Å². The lowest BCUT2D eigenvalue weighted by Gasteiger charge is -2.35. The quantitative estimate of drug-likeness (QED) is 0.840. The van der Waals surface area contributed by atoms with E-state index in [1.54, 1.807) is 0 Å². The van der Waals surface area contributed by atoms with Crippen LogP contribution in [0.15, 0.2) is 24.3 Å². The van der Waals surface area contributed by atoms with Crippen molar-refractivity contribution in [3.05, 3.63) is 35.5 Å². The van der Waals surface area contributed by atoms with Gasteiger partial charge in [-0.1, -0.05) is 25.1 Å². The molecule has 1 amide bonds. The van der Waals surface area contributed by atoms with E-state index in [9.17, 15) is 4.79 Å². The third-order valence-electron chi connectivity index (χ3n) is 3.98. The summed E-state index contributed by atoms with van der Waals surface area (Å²) in [5.41, 5.74) is 3.71. The number of hydrogen-bond donors (Lipinski definition) is 1. The lowest BCUT2D eigenvalue weighted by Crippen LogP contribution is -2.40. The second kappa shape index (κ2) is 4.89. The van der Waals surface area contributed by atoms with E-state index in [1.165, 1.54) is 16.6 Å². The van der Waals surface area contributed by atoms with Crippen molar-refractivity contribution in [3.63, 3.8) is 0 Å². The molecule has 1 aliphatic rings. The zero-order valence-corrected chi connectivity index (χ0v) is 11.7. The summed E-state index contributed by atoms with van der Waals surface area (Å²) in [6, 6.07) is 8.47. The van der Waals surface area contributed by atoms with Crippen LogP contribution in [0.4, 0.5) is 0 Å². The minimum atomic E-state index is 0.0258. The van der Waals surface area contributed by atoms with Gasteiger partial charge in [0.2, 0.25) is 5.91 Å². The van der Waals surface area contributed by atoms with Gasteiger partial charge in [0, 0.05) is 23.1 Å². The highest BCUT2D eigenvalue weighted by Crippen LogP contribution is 2.36. The molecule has 3 rings (SSSR count). The SMILES string of the molecule is CCC1c2[nH]c3ccccc3c2CCN1C(=O)CCl. The fourth-order valence-corrected chi connectivity index (χ4v) is 3.27. The minimum Gasteiger partial charge on any atom is -0.356 e. The van der Waals surface area contributed by atoms with Gasteiger partial charge in [-0.15, -0.1) is 11.6 Å². The summed E-state index contributed by atoms with van der Waals surface area (Å²) in [4.78, 5) is 17.3. The highest BCUT2D eigenvalue weighted by atomic mass is 35.5. The van der Waals surface area contributed by atoms with Gasteiger partial charge in [-0.3, -0.25) is 4.79 Å². The van der Waals surface area contributed by atoms with E-state index in [-0.39, 0.29) is 17.8 Å². The maximum absolute atomic E-state index is 11.9. The van der Waals surface area contributed by atoms with Crippen molar-refractivity contribution in [2.45, 2.75) is 25.8 Å². The average molecular weight is 277 g/mol. The van der Waals surface area contributed by atoms with Crippen LogP contribution in [0.3, 0.4) is 0 Å². The Morgan fingerprint density at radius 2 is 2.26 bits per heavy atom. The maximum Gasteiger partial charge on any atom is 0.238 e. The Bertz CT molecular complexity index is 620. The lowest BCUT2D eigenvalue weighted by molar-refractivity contribution is -0.131. The van der Waals surface area contributed by atoms with Crippen LogP contribution in [0.25, 0.3) is 10.9 Å². The van der Waals surface area contributed by atoms with E-state index in [4.69, 9.17) is 11.6 Å². The second-order valence-corrected chi connectivity index (χ2v) is 5.22. The van der Waals surface area contributed by atoms with Crippen molar-refractivity contribution in [3.8, 4) is 0 Å². The Morgan fingerprint density at radius 1 is 1.47 bits per heavy atom. The zero-order chi connectivity index (χ0) is 13.4. The van der Waals surface area contributed by atoms with Crippen LogP contribution in [0.2, 0.25) is 0 Å². The number of alkyl halides is 1. The summed E-state index contributed by atoms with van der Waals surface area (Å²) in [6.45, 7) is 2.87. The first-order chi connectivity index (χ1) is 9.26. The average Bonchev–Trinajstić information content (AvgIpc) is 2.84. The maximum atomic E-state index is 11.9. The predicted octanol–water partition coefficient (Wildman–Crippen LogP) is 3.24. The molecule has 0 radical (unpaired) electrons. The molecule has 2 heterocycles. The summed E-state index contributed by atoms with van der Waals surface area (Å²) in [5.74, 6) is 0.0873. The predicted molar refractivity (Wildman–Crippen MR) is 77.5 cm³/mol. The van der Waals surface area contributed by atoms with Crippen LogP contribution in [-0.4, -0.2) is 28.2 Å². The molecule has 1 aromatic heterocycles. The number of halogens is 1. The first-order valence-electron chi connectivity index (χ1n) is 6.71. The molecular formula is C15H17ClN2O. The number of benzene rings is 1. The Balaban J connectivity index is 2.10. The number of nitrogens with one attached hydrogen (secondary N) is 1. The number of rotatable bonds is 2. The molecule has 2 aromatic rings. The number of fused-ring (bicyclic) bond motifs is 3. The van der Waals surface area contributed by atoms with E-state index in [2.05, 4.69) is 30.1 Å². The molecule has 0 saturated heterocycles. The van der Waals surface area contributed by atoms with Crippen molar-refractivity contribution in [2.75, 3.05) is 12.4 Å². The summed E-state index contributed by atoms with van der Waals surface area (Å²) in [5, 5.41) is 1.29. The van der Waals surface area contributed by atoms with E-state index >= 15 is 0 Å². The molecule has 0 bridgehead atoms. The normalized spacial score (nSPS) is 18.6. The van der Waals surface area contributed by atoms with Crippen LogP contribution in [-0.2, 0) is 11.2 Å². The van der Waals surface area contributed by atoms with Crippen molar-refractivity contribution in [2.24, 2.45) is 0 Å². The number of aromatic nitrogens is 1. The lowest BCUT2D eigenvalue weighted by atomic mass is 9.96. The smallest absolute Gasteiger partial charge is 0.238 e. The van der Waals surface area contributed by atoms with E-state index < -0.39 is 0 Å². The van der Waals surface area contributed by atoms with E-state index in [0.717, 1.165) is 24.9 Å². The van der Waals surface area contributed by atoms with Crippen molar-refractivity contribution in [1.29, 1.82) is 0 Å². The fraction of sp³-hybridized carbons (Fsp3) is 0.400. The molecule has 100 valence electrons. The van der Waals surface area contributed by atoms with Gasteiger partial charge in [0.1, 0.15) is 5.88 Å². The summed E-state index contributed by atoms with van der Waals surface area (Å²) >= 11 is 5.71. The third-order valence-corrected chi connectivity index (χ3v) is 4.21. The Kier molecular flexibility index (Phi) is 3.23. The summed E-state index contributed by atoms with van der Waals surface area (Å²) in [7, 11) is 0. The van der Waals surface area contributed by atoms with Gasteiger partial charge in [-0.2, -0.15) is 0 Å². The monoisotopic (exact) mass is 276 g/mol. The van der Waals surface area contributed by atoms with Gasteiger partial charge < -0.3 is 9.88 Å². The Labute approximate surface area is 117 Å². The Morgan fingerprint density at radius 3 is 3.00 bits per heavy atom. The first kappa shape index (κ1) is 12.5. The van der Waals surface area contributed by atoms with Gasteiger partial charge in [0.05, 0.1) is 6.04 Å². The molecule has 0 fully saturated rings. The standard InChI is InChI=1S/C15H17ClN2O/c1-2-13-15-11(7-8-18(13)14(19)9-16)10-5-3-4-6-12(10)17-15/h3-6,13,17H,2,7-9H2,1H3. The molecule has 1 aromatic carbocycles. The number of carbonyl (C=O) groups excluding carboxylic acids is 1. The van der Waals surface area contributed by atoms with Crippen LogP contribution >= 0.6 is 11.6 Å². The molecule has 0 spiro atoms. The summed E-state index contributed by atoms with van der Waals surface area (Å²) < 4.78 is 0. The van der Waals surface area contributed by atoms with Crippen molar-refractivity contribution in [1.82, 2.24) is 9.88 Å². The summed E-state index contributed by atoms with van der Waals surface area (Å²) in [6.07, 6.45) is 1.81. The molecule has 19 heavy (non-hydrogen) atoms. The molecule has 4 heteroatoms. The van der Waals surface area contributed by atoms with Crippen LogP contribution < -0.4 is 0 Å². The molecular weight excluding hydrogens is 260 g/mol. The number of nitrogens with zero attached hydrogens (tertiary/aromatic N) is 1. The van der Waals surface area contributed by atoms with Gasteiger partial charge >= 0.3 is 0 Å². The van der Waals surface area contributed by atoms with Crippen LogP contribution in [0, 0.1) is 0 Å². The van der Waals surface area contributed by atoms with Crippen LogP contribution in [0.5, 0.6) is 0 Å². The molecule has 1 N–H and O–H groups in total. The number of H-pyrrole nitrogens is 1. The van der Waals surface area contributed by atoms with Crippen molar-refractivity contribution >= 4 is 28.4 Å². The fourth-order valence-electron chi connectivity index (χ4n) is 3.12. The minimum absolute atomic E-state index is 0.0258. The van der Waals surface area contributed by atoms with Gasteiger partial charge in [0.25, 0.3) is 0 Å². The molecule has 0 aliphatic carbocycles.